The van der Waals surface area contributed by atoms with E-state index in [4.69, 9.17) is 4.52 Å². The number of nitrogens with one attached hydrogen (secondary N) is 1. The Morgan fingerprint density at radius 2 is 1.83 bits per heavy atom. The maximum absolute atomic E-state index is 12.5. The minimum absolute atomic E-state index is 0.123. The molecular formula is C18H30N4O2. The quantitative estimate of drug-likeness (QED) is 0.923. The number of hydrogen-bond donors (Lipinski definition) is 1. The molecule has 134 valence electrons. The molecule has 0 bridgehead atoms. The monoisotopic (exact) mass is 334 g/mol. The third-order valence-corrected chi connectivity index (χ3v) is 5.15. The summed E-state index contributed by atoms with van der Waals surface area (Å²) in [5.41, 5.74) is 0.972. The summed E-state index contributed by atoms with van der Waals surface area (Å²) in [7, 11) is 0. The second-order valence-electron chi connectivity index (χ2n) is 7.18. The first-order chi connectivity index (χ1) is 11.7. The predicted molar refractivity (Wildman–Crippen MR) is 92.7 cm³/mol. The van der Waals surface area contributed by atoms with Crippen LogP contribution in [0, 0.1) is 6.92 Å². The van der Waals surface area contributed by atoms with Gasteiger partial charge in [-0.3, -0.25) is 4.90 Å². The summed E-state index contributed by atoms with van der Waals surface area (Å²) in [6, 6.07) is 2.47. The molecule has 0 unspecified atom stereocenters. The second kappa shape index (κ2) is 8.51. The zero-order valence-electron chi connectivity index (χ0n) is 14.8. The highest BCUT2D eigenvalue weighted by molar-refractivity contribution is 5.74. The van der Waals surface area contributed by atoms with E-state index in [2.05, 4.69) is 15.4 Å². The SMILES string of the molecule is Cc1cc(CN2CCN(C(=O)NC3CCCCCCC3)CC2)no1. The molecule has 3 rings (SSSR count). The minimum atomic E-state index is 0.123. The first-order valence-corrected chi connectivity index (χ1v) is 9.41. The molecule has 24 heavy (non-hydrogen) atoms. The number of carbonyl (C=O) groups excluding carboxylic acids is 1. The van der Waals surface area contributed by atoms with Crippen LogP contribution in [-0.2, 0) is 6.54 Å². The molecule has 0 atom stereocenters. The van der Waals surface area contributed by atoms with Crippen LogP contribution in [0.15, 0.2) is 10.6 Å². The normalized spacial score (nSPS) is 21.3. The molecule has 1 N–H and O–H groups in total. The van der Waals surface area contributed by atoms with Gasteiger partial charge in [-0.2, -0.15) is 0 Å². The molecule has 0 spiro atoms. The Morgan fingerprint density at radius 1 is 1.17 bits per heavy atom. The van der Waals surface area contributed by atoms with Gasteiger partial charge in [0, 0.05) is 44.8 Å². The van der Waals surface area contributed by atoms with E-state index in [1.807, 2.05) is 17.9 Å². The molecule has 2 fully saturated rings. The number of nitrogens with zero attached hydrogens (tertiary/aromatic N) is 3. The molecule has 0 radical (unpaired) electrons. The molecule has 2 aliphatic rings. The van der Waals surface area contributed by atoms with Gasteiger partial charge in [0.1, 0.15) is 5.76 Å². The van der Waals surface area contributed by atoms with Gasteiger partial charge in [0.25, 0.3) is 0 Å². The Kier molecular flexibility index (Phi) is 6.12. The van der Waals surface area contributed by atoms with E-state index in [9.17, 15) is 4.79 Å². The molecule has 1 aliphatic carbocycles. The molecule has 1 aromatic heterocycles. The fourth-order valence-electron chi connectivity index (χ4n) is 3.70. The summed E-state index contributed by atoms with van der Waals surface area (Å²) in [6.07, 6.45) is 8.74. The second-order valence-corrected chi connectivity index (χ2v) is 7.18. The number of amides is 2. The van der Waals surface area contributed by atoms with Crippen molar-refractivity contribution in [2.24, 2.45) is 0 Å². The molecule has 1 aliphatic heterocycles. The lowest BCUT2D eigenvalue weighted by atomic mass is 9.97. The summed E-state index contributed by atoms with van der Waals surface area (Å²) < 4.78 is 5.12. The van der Waals surface area contributed by atoms with E-state index in [1.165, 1.54) is 32.1 Å². The van der Waals surface area contributed by atoms with Gasteiger partial charge in [0.2, 0.25) is 0 Å². The topological polar surface area (TPSA) is 61.6 Å². The van der Waals surface area contributed by atoms with Crippen LogP contribution in [0.5, 0.6) is 0 Å². The third-order valence-electron chi connectivity index (χ3n) is 5.15. The Labute approximate surface area is 144 Å². The molecule has 2 heterocycles. The van der Waals surface area contributed by atoms with E-state index in [0.29, 0.717) is 6.04 Å². The maximum Gasteiger partial charge on any atom is 0.317 e. The summed E-state index contributed by atoms with van der Waals surface area (Å²) in [6.45, 7) is 6.07. The van der Waals surface area contributed by atoms with Crippen LogP contribution in [0.1, 0.15) is 56.4 Å². The molecule has 6 nitrogen and oxygen atoms in total. The van der Waals surface area contributed by atoms with Crippen LogP contribution in [0.25, 0.3) is 0 Å². The standard InChI is InChI=1S/C18H30N4O2/c1-15-13-17(20-24-15)14-21-9-11-22(12-10-21)18(23)19-16-7-5-3-2-4-6-8-16/h13,16H,2-12,14H2,1H3,(H,19,23). The Bertz CT molecular complexity index is 515. The van der Waals surface area contributed by atoms with Crippen LogP contribution in [0.2, 0.25) is 0 Å². The number of aromatic nitrogens is 1. The molecule has 1 saturated heterocycles. The van der Waals surface area contributed by atoms with Crippen LogP contribution >= 0.6 is 0 Å². The lowest BCUT2D eigenvalue weighted by Gasteiger charge is -2.35. The van der Waals surface area contributed by atoms with Crippen molar-refractivity contribution < 1.29 is 9.32 Å². The van der Waals surface area contributed by atoms with Gasteiger partial charge in [0.05, 0.1) is 5.69 Å². The van der Waals surface area contributed by atoms with Crippen molar-refractivity contribution in [2.75, 3.05) is 26.2 Å². The summed E-state index contributed by atoms with van der Waals surface area (Å²) >= 11 is 0. The number of urea groups is 1. The van der Waals surface area contributed by atoms with E-state index in [-0.39, 0.29) is 6.03 Å². The van der Waals surface area contributed by atoms with Crippen LogP contribution < -0.4 is 5.32 Å². The van der Waals surface area contributed by atoms with Gasteiger partial charge in [-0.15, -0.1) is 0 Å². The van der Waals surface area contributed by atoms with Crippen molar-refractivity contribution in [3.8, 4) is 0 Å². The summed E-state index contributed by atoms with van der Waals surface area (Å²) in [5, 5.41) is 7.31. The number of rotatable bonds is 3. The lowest BCUT2D eigenvalue weighted by Crippen LogP contribution is -2.53. The van der Waals surface area contributed by atoms with Crippen molar-refractivity contribution in [3.05, 3.63) is 17.5 Å². The Morgan fingerprint density at radius 3 is 2.46 bits per heavy atom. The van der Waals surface area contributed by atoms with Crippen LogP contribution in [-0.4, -0.2) is 53.2 Å². The Hall–Kier alpha value is -1.56. The van der Waals surface area contributed by atoms with E-state index in [1.54, 1.807) is 0 Å². The zero-order chi connectivity index (χ0) is 16.8. The number of piperazine rings is 1. The molecule has 0 aromatic carbocycles. The maximum atomic E-state index is 12.5. The van der Waals surface area contributed by atoms with Crippen molar-refractivity contribution in [3.63, 3.8) is 0 Å². The van der Waals surface area contributed by atoms with Gasteiger partial charge < -0.3 is 14.7 Å². The first-order valence-electron chi connectivity index (χ1n) is 9.41. The highest BCUT2D eigenvalue weighted by Crippen LogP contribution is 2.17. The molecule has 6 heteroatoms. The van der Waals surface area contributed by atoms with E-state index < -0.39 is 0 Å². The molecule has 2 amide bonds. The average molecular weight is 334 g/mol. The highest BCUT2D eigenvalue weighted by atomic mass is 16.5. The van der Waals surface area contributed by atoms with Gasteiger partial charge >= 0.3 is 6.03 Å². The van der Waals surface area contributed by atoms with E-state index >= 15 is 0 Å². The predicted octanol–water partition coefficient (Wildman–Crippen LogP) is 2.92. The highest BCUT2D eigenvalue weighted by Gasteiger charge is 2.23. The van der Waals surface area contributed by atoms with Crippen LogP contribution in [0.4, 0.5) is 4.79 Å². The minimum Gasteiger partial charge on any atom is -0.361 e. The smallest absolute Gasteiger partial charge is 0.317 e. The third kappa shape index (κ3) is 4.97. The number of carbonyl (C=O) groups is 1. The van der Waals surface area contributed by atoms with E-state index in [0.717, 1.165) is 57.0 Å². The van der Waals surface area contributed by atoms with Crippen molar-refractivity contribution >= 4 is 6.03 Å². The first kappa shape index (κ1) is 17.3. The van der Waals surface area contributed by atoms with Gasteiger partial charge in [-0.25, -0.2) is 4.79 Å². The van der Waals surface area contributed by atoms with Gasteiger partial charge in [-0.1, -0.05) is 37.3 Å². The fraction of sp³-hybridized carbons (Fsp3) is 0.778. The lowest BCUT2D eigenvalue weighted by molar-refractivity contribution is 0.130. The number of aryl methyl sites for hydroxylation is 1. The molecular weight excluding hydrogens is 304 g/mol. The fourth-order valence-corrected chi connectivity index (χ4v) is 3.70. The molecule has 1 aromatic rings. The number of hydrogen-bond acceptors (Lipinski definition) is 4. The van der Waals surface area contributed by atoms with Gasteiger partial charge in [-0.05, 0) is 19.8 Å². The van der Waals surface area contributed by atoms with Crippen LogP contribution in [0.3, 0.4) is 0 Å². The molecule has 1 saturated carbocycles. The zero-order valence-corrected chi connectivity index (χ0v) is 14.8. The van der Waals surface area contributed by atoms with Crippen molar-refractivity contribution in [2.45, 2.75) is 64.5 Å². The Balaban J connectivity index is 1.41. The summed E-state index contributed by atoms with van der Waals surface area (Å²) in [4.78, 5) is 16.8. The van der Waals surface area contributed by atoms with Gasteiger partial charge in [0.15, 0.2) is 0 Å². The summed E-state index contributed by atoms with van der Waals surface area (Å²) in [5.74, 6) is 0.849. The average Bonchev–Trinajstić information content (AvgIpc) is 2.95. The van der Waals surface area contributed by atoms with Crippen molar-refractivity contribution in [1.82, 2.24) is 20.3 Å². The largest absolute Gasteiger partial charge is 0.361 e. The van der Waals surface area contributed by atoms with Crippen molar-refractivity contribution in [1.29, 1.82) is 0 Å².